The molecule has 0 radical (unpaired) electrons. The molecule has 1 N–H and O–H groups in total. The monoisotopic (exact) mass is 399 g/mol. The highest BCUT2D eigenvalue weighted by Gasteiger charge is 2.20. The van der Waals surface area contributed by atoms with Gasteiger partial charge in [0.2, 0.25) is 0 Å². The van der Waals surface area contributed by atoms with Crippen molar-refractivity contribution in [1.82, 2.24) is 15.1 Å². The molecular weight excluding hydrogens is 378 g/mol. The van der Waals surface area contributed by atoms with Crippen LogP contribution in [0.4, 0.5) is 0 Å². The lowest BCUT2D eigenvalue weighted by atomic mass is 10.2. The molecule has 0 fully saturated rings. The summed E-state index contributed by atoms with van der Waals surface area (Å²) >= 11 is 8.22. The average molecular weight is 400 g/mol. The number of amides is 1. The molecule has 0 bridgehead atoms. The Hall–Kier alpha value is -2.24. The summed E-state index contributed by atoms with van der Waals surface area (Å²) in [5, 5.41) is 7.76. The van der Waals surface area contributed by atoms with E-state index in [0.717, 1.165) is 17.1 Å². The average Bonchev–Trinajstić information content (AvgIpc) is 2.96. The number of nitrogens with one attached hydrogen (secondary N) is 1. The Kier molecular flexibility index (Phi) is 6.96. The normalized spacial score (nSPS) is 10.7. The molecule has 0 saturated heterocycles. The van der Waals surface area contributed by atoms with Crippen LogP contribution in [0.1, 0.15) is 27.2 Å². The SMILES string of the molecule is Cc1nn(Cc2ccccc2)c(Cl)c1C(=O)NCCSCc1ccccc1. The zero-order valence-corrected chi connectivity index (χ0v) is 16.8. The Bertz CT molecular complexity index is 881. The molecule has 0 atom stereocenters. The van der Waals surface area contributed by atoms with Gasteiger partial charge in [0.25, 0.3) is 5.91 Å². The fourth-order valence-electron chi connectivity index (χ4n) is 2.76. The zero-order valence-electron chi connectivity index (χ0n) is 15.2. The van der Waals surface area contributed by atoms with Crippen molar-refractivity contribution in [3.8, 4) is 0 Å². The number of hydrogen-bond acceptors (Lipinski definition) is 3. The van der Waals surface area contributed by atoms with Gasteiger partial charge >= 0.3 is 0 Å². The van der Waals surface area contributed by atoms with Gasteiger partial charge < -0.3 is 5.32 Å². The van der Waals surface area contributed by atoms with Gasteiger partial charge in [-0.15, -0.1) is 0 Å². The second kappa shape index (κ2) is 9.62. The van der Waals surface area contributed by atoms with Gasteiger partial charge in [0.05, 0.1) is 17.8 Å². The van der Waals surface area contributed by atoms with E-state index < -0.39 is 0 Å². The second-order valence-corrected chi connectivity index (χ2v) is 7.65. The number of benzene rings is 2. The summed E-state index contributed by atoms with van der Waals surface area (Å²) in [6.45, 7) is 2.95. The third-order valence-electron chi connectivity index (χ3n) is 4.11. The molecule has 4 nitrogen and oxygen atoms in total. The van der Waals surface area contributed by atoms with Crippen LogP contribution in [0.2, 0.25) is 5.15 Å². The standard InChI is InChI=1S/C21H22ClN3OS/c1-16-19(20(22)25(24-16)14-17-8-4-2-5-9-17)21(26)23-12-13-27-15-18-10-6-3-7-11-18/h2-11H,12-15H2,1H3,(H,23,26). The fraction of sp³-hybridized carbons (Fsp3) is 0.238. The minimum atomic E-state index is -0.169. The summed E-state index contributed by atoms with van der Waals surface area (Å²) in [5.74, 6) is 1.61. The number of thioether (sulfide) groups is 1. The maximum atomic E-state index is 12.5. The van der Waals surface area contributed by atoms with Crippen molar-refractivity contribution in [3.05, 3.63) is 88.2 Å². The minimum absolute atomic E-state index is 0.169. The van der Waals surface area contributed by atoms with Crippen molar-refractivity contribution in [2.24, 2.45) is 0 Å². The molecule has 1 amide bonds. The van der Waals surface area contributed by atoms with Gasteiger partial charge in [-0.2, -0.15) is 16.9 Å². The molecule has 0 aliphatic heterocycles. The maximum absolute atomic E-state index is 12.5. The molecule has 2 aromatic carbocycles. The van der Waals surface area contributed by atoms with E-state index >= 15 is 0 Å². The molecule has 0 aliphatic carbocycles. The Morgan fingerprint density at radius 1 is 1.07 bits per heavy atom. The van der Waals surface area contributed by atoms with E-state index in [9.17, 15) is 4.79 Å². The summed E-state index contributed by atoms with van der Waals surface area (Å²) in [5.41, 5.74) is 3.48. The first-order valence-electron chi connectivity index (χ1n) is 8.82. The number of aromatic nitrogens is 2. The van der Waals surface area contributed by atoms with Gasteiger partial charge in [-0.1, -0.05) is 72.3 Å². The fourth-order valence-corrected chi connectivity index (χ4v) is 3.90. The van der Waals surface area contributed by atoms with Crippen LogP contribution in [-0.2, 0) is 12.3 Å². The molecule has 140 valence electrons. The maximum Gasteiger partial charge on any atom is 0.256 e. The minimum Gasteiger partial charge on any atom is -0.351 e. The zero-order chi connectivity index (χ0) is 19.1. The van der Waals surface area contributed by atoms with Gasteiger partial charge in [-0.25, -0.2) is 4.68 Å². The molecule has 3 rings (SSSR count). The third-order valence-corrected chi connectivity index (χ3v) is 5.53. The summed E-state index contributed by atoms with van der Waals surface area (Å²) in [6, 6.07) is 20.2. The van der Waals surface area contributed by atoms with E-state index in [0.29, 0.717) is 29.5 Å². The Morgan fingerprint density at radius 3 is 2.37 bits per heavy atom. The molecule has 0 unspecified atom stereocenters. The van der Waals surface area contributed by atoms with E-state index in [-0.39, 0.29) is 5.91 Å². The molecule has 0 spiro atoms. The molecule has 3 aromatic rings. The summed E-state index contributed by atoms with van der Waals surface area (Å²) in [6.07, 6.45) is 0. The molecule has 27 heavy (non-hydrogen) atoms. The highest BCUT2D eigenvalue weighted by molar-refractivity contribution is 7.98. The van der Waals surface area contributed by atoms with Gasteiger partial charge in [0.1, 0.15) is 5.15 Å². The first-order valence-corrected chi connectivity index (χ1v) is 10.3. The van der Waals surface area contributed by atoms with Crippen molar-refractivity contribution < 1.29 is 4.79 Å². The highest BCUT2D eigenvalue weighted by atomic mass is 35.5. The Labute approximate surface area is 168 Å². The first kappa shape index (κ1) is 19.5. The van der Waals surface area contributed by atoms with Crippen LogP contribution >= 0.6 is 23.4 Å². The van der Waals surface area contributed by atoms with E-state index in [1.807, 2.05) is 55.5 Å². The molecule has 0 saturated carbocycles. The van der Waals surface area contributed by atoms with Crippen molar-refractivity contribution in [2.45, 2.75) is 19.2 Å². The van der Waals surface area contributed by atoms with Crippen molar-refractivity contribution in [2.75, 3.05) is 12.3 Å². The van der Waals surface area contributed by atoms with Gasteiger partial charge in [-0.05, 0) is 18.1 Å². The smallest absolute Gasteiger partial charge is 0.256 e. The number of aryl methyl sites for hydroxylation is 1. The summed E-state index contributed by atoms with van der Waals surface area (Å²) in [4.78, 5) is 12.5. The second-order valence-electron chi connectivity index (χ2n) is 6.19. The third kappa shape index (κ3) is 5.37. The molecule has 6 heteroatoms. The van der Waals surface area contributed by atoms with E-state index in [2.05, 4.69) is 22.5 Å². The largest absolute Gasteiger partial charge is 0.351 e. The van der Waals surface area contributed by atoms with Crippen LogP contribution in [-0.4, -0.2) is 28.0 Å². The number of halogens is 1. The van der Waals surface area contributed by atoms with E-state index in [4.69, 9.17) is 11.6 Å². The summed E-state index contributed by atoms with van der Waals surface area (Å²) in [7, 11) is 0. The van der Waals surface area contributed by atoms with Gasteiger partial charge in [-0.3, -0.25) is 4.79 Å². The predicted octanol–water partition coefficient (Wildman–Crippen LogP) is 4.56. The van der Waals surface area contributed by atoms with Crippen LogP contribution in [0.3, 0.4) is 0 Å². The van der Waals surface area contributed by atoms with E-state index in [1.165, 1.54) is 5.56 Å². The molecular formula is C21H22ClN3OS. The molecule has 1 heterocycles. The Balaban J connectivity index is 1.52. The topological polar surface area (TPSA) is 46.9 Å². The lowest BCUT2D eigenvalue weighted by molar-refractivity contribution is 0.0955. The lowest BCUT2D eigenvalue weighted by Crippen LogP contribution is -2.26. The first-order chi connectivity index (χ1) is 13.1. The van der Waals surface area contributed by atoms with Crippen molar-refractivity contribution >= 4 is 29.3 Å². The van der Waals surface area contributed by atoms with Crippen LogP contribution in [0.5, 0.6) is 0 Å². The number of nitrogens with zero attached hydrogens (tertiary/aromatic N) is 2. The Morgan fingerprint density at radius 2 is 1.70 bits per heavy atom. The predicted molar refractivity (Wildman–Crippen MR) is 112 cm³/mol. The number of carbonyl (C=O) groups is 1. The van der Waals surface area contributed by atoms with Crippen LogP contribution in [0, 0.1) is 6.92 Å². The number of rotatable bonds is 8. The van der Waals surface area contributed by atoms with Gasteiger partial charge in [0, 0.05) is 18.1 Å². The van der Waals surface area contributed by atoms with Gasteiger partial charge in [0.15, 0.2) is 0 Å². The molecule has 1 aromatic heterocycles. The van der Waals surface area contributed by atoms with Crippen LogP contribution in [0.25, 0.3) is 0 Å². The van der Waals surface area contributed by atoms with Crippen LogP contribution < -0.4 is 5.32 Å². The van der Waals surface area contributed by atoms with Crippen molar-refractivity contribution in [3.63, 3.8) is 0 Å². The van der Waals surface area contributed by atoms with E-state index in [1.54, 1.807) is 16.4 Å². The highest BCUT2D eigenvalue weighted by Crippen LogP contribution is 2.21. The van der Waals surface area contributed by atoms with Crippen molar-refractivity contribution in [1.29, 1.82) is 0 Å². The number of hydrogen-bond donors (Lipinski definition) is 1. The lowest BCUT2D eigenvalue weighted by Gasteiger charge is -2.06. The quantitative estimate of drug-likeness (QED) is 0.565. The van der Waals surface area contributed by atoms with Crippen LogP contribution in [0.15, 0.2) is 60.7 Å². The number of carbonyl (C=O) groups excluding carboxylic acids is 1. The summed E-state index contributed by atoms with van der Waals surface area (Å²) < 4.78 is 1.67. The molecule has 0 aliphatic rings.